The monoisotopic (exact) mass is 1390 g/mol. The third-order valence-electron chi connectivity index (χ3n) is 20.2. The summed E-state index contributed by atoms with van der Waals surface area (Å²) in [7, 11) is 0. The van der Waals surface area contributed by atoms with Gasteiger partial charge >= 0.3 is 0 Å². The fourth-order valence-corrected chi connectivity index (χ4v) is 18.5. The lowest BCUT2D eigenvalue weighted by atomic mass is 9.94. The van der Waals surface area contributed by atoms with Crippen LogP contribution in [0.3, 0.4) is 0 Å². The molecule has 10 aliphatic rings. The molecule has 0 spiro atoms. The average molecular weight is 1390 g/mol. The summed E-state index contributed by atoms with van der Waals surface area (Å²) in [4.78, 5) is 18.2. The van der Waals surface area contributed by atoms with Crippen molar-refractivity contribution in [1.82, 2.24) is 60.5 Å². The summed E-state index contributed by atoms with van der Waals surface area (Å²) < 4.78 is 10.8. The summed E-state index contributed by atoms with van der Waals surface area (Å²) in [6.45, 7) is 21.5. The molecule has 4 N–H and O–H groups in total. The quantitative estimate of drug-likeness (QED) is 0.174. The number of hydrogen-bond donors (Lipinski definition) is 4. The first-order valence-corrected chi connectivity index (χ1v) is 39.6. The largest absolute Gasteiger partial charge is 0.378 e. The van der Waals surface area contributed by atoms with Gasteiger partial charge in [-0.1, -0.05) is 122 Å². The maximum Gasteiger partial charge on any atom is 0.178 e. The van der Waals surface area contributed by atoms with E-state index in [4.69, 9.17) is 107 Å². The molecule has 6 aliphatic carbocycles. The molecular formula is C68H120N12O2S8. The summed E-state index contributed by atoms with van der Waals surface area (Å²) in [5.41, 5.74) is 0. The van der Waals surface area contributed by atoms with Crippen LogP contribution in [0.5, 0.6) is 0 Å². The molecule has 512 valence electrons. The summed E-state index contributed by atoms with van der Waals surface area (Å²) in [5.74, 6) is 0.828. The molecule has 4 saturated heterocycles. The number of nitrogens with one attached hydrogen (secondary N) is 4. The highest BCUT2D eigenvalue weighted by molar-refractivity contribution is 7.83. The highest BCUT2D eigenvalue weighted by Gasteiger charge is 2.35. The molecule has 0 bridgehead atoms. The van der Waals surface area contributed by atoms with Crippen molar-refractivity contribution in [3.8, 4) is 0 Å². The van der Waals surface area contributed by atoms with Gasteiger partial charge in [0, 0.05) is 101 Å². The number of piperidine rings is 1. The molecular weight excluding hydrogens is 1270 g/mol. The van der Waals surface area contributed by atoms with E-state index in [0.717, 1.165) is 120 Å². The van der Waals surface area contributed by atoms with Crippen molar-refractivity contribution >= 4 is 139 Å². The number of morpholine rings is 2. The minimum Gasteiger partial charge on any atom is -0.378 e. The van der Waals surface area contributed by atoms with Crippen LogP contribution in [0.4, 0.5) is 0 Å². The zero-order valence-corrected chi connectivity index (χ0v) is 62.9. The van der Waals surface area contributed by atoms with E-state index in [1.165, 1.54) is 218 Å². The zero-order valence-electron chi connectivity index (χ0n) is 56.4. The Kier molecular flexibility index (Phi) is 34.8. The van der Waals surface area contributed by atoms with Gasteiger partial charge in [-0.05, 0) is 234 Å². The van der Waals surface area contributed by atoms with Gasteiger partial charge in [-0.3, -0.25) is 19.6 Å². The molecule has 0 unspecified atom stereocenters. The van der Waals surface area contributed by atoms with E-state index >= 15 is 0 Å². The fraction of sp³-hybridized carbons (Fsp3) is 0.882. The van der Waals surface area contributed by atoms with Gasteiger partial charge < -0.3 is 50.3 Å². The van der Waals surface area contributed by atoms with Crippen molar-refractivity contribution in [2.24, 2.45) is 5.92 Å². The smallest absolute Gasteiger partial charge is 0.178 e. The van der Waals surface area contributed by atoms with Gasteiger partial charge in [0.2, 0.25) is 0 Å². The highest BCUT2D eigenvalue weighted by Crippen LogP contribution is 2.30. The van der Waals surface area contributed by atoms with Crippen molar-refractivity contribution in [3.63, 3.8) is 0 Å². The Labute approximate surface area is 590 Å². The van der Waals surface area contributed by atoms with Crippen molar-refractivity contribution in [1.29, 1.82) is 0 Å². The molecule has 0 aromatic rings. The third kappa shape index (κ3) is 24.7. The van der Waals surface area contributed by atoms with Crippen LogP contribution in [-0.4, -0.2) is 207 Å². The van der Waals surface area contributed by atoms with E-state index in [-0.39, 0.29) is 6.04 Å². The minimum absolute atomic E-state index is 0.249. The Hall–Kier alpha value is -1.76. The van der Waals surface area contributed by atoms with Gasteiger partial charge in [0.05, 0.1) is 26.4 Å². The van der Waals surface area contributed by atoms with E-state index < -0.39 is 0 Å². The van der Waals surface area contributed by atoms with Crippen LogP contribution in [-0.2, 0) is 9.47 Å². The van der Waals surface area contributed by atoms with Crippen LogP contribution in [0.25, 0.3) is 0 Å². The van der Waals surface area contributed by atoms with Crippen molar-refractivity contribution < 1.29 is 9.47 Å². The zero-order chi connectivity index (χ0) is 64.2. The van der Waals surface area contributed by atoms with Gasteiger partial charge in [-0.25, -0.2) is 0 Å². The lowest BCUT2D eigenvalue weighted by molar-refractivity contribution is 0.0641. The van der Waals surface area contributed by atoms with Crippen molar-refractivity contribution in [2.75, 3.05) is 78.8 Å². The Morgan fingerprint density at radius 1 is 0.333 bits per heavy atom. The van der Waals surface area contributed by atoms with Gasteiger partial charge in [0.15, 0.2) is 40.9 Å². The van der Waals surface area contributed by atoms with Crippen LogP contribution in [0, 0.1) is 5.92 Å². The van der Waals surface area contributed by atoms with E-state index in [1.54, 1.807) is 0 Å². The van der Waals surface area contributed by atoms with E-state index in [1.807, 2.05) is 4.90 Å². The number of thiocarbonyl (C=S) groups is 8. The minimum atomic E-state index is 0.249. The molecule has 4 aliphatic heterocycles. The second-order valence-electron chi connectivity index (χ2n) is 28.1. The lowest BCUT2D eigenvalue weighted by Gasteiger charge is -2.43. The molecule has 0 atom stereocenters. The maximum atomic E-state index is 5.98. The number of likely N-dealkylation sites (tertiary alicyclic amines) is 2. The van der Waals surface area contributed by atoms with Crippen LogP contribution in [0.1, 0.15) is 253 Å². The predicted octanol–water partition coefficient (Wildman–Crippen LogP) is 14.1. The molecule has 10 rings (SSSR count). The molecule has 90 heavy (non-hydrogen) atoms. The van der Waals surface area contributed by atoms with Gasteiger partial charge in [-0.2, -0.15) is 0 Å². The maximum absolute atomic E-state index is 5.98. The summed E-state index contributed by atoms with van der Waals surface area (Å²) in [6, 6.07) is 3.69. The molecule has 14 nitrogen and oxygen atoms in total. The van der Waals surface area contributed by atoms with Crippen molar-refractivity contribution in [3.05, 3.63) is 0 Å². The summed E-state index contributed by atoms with van der Waals surface area (Å²) >= 11 is 46.4. The molecule has 4 heterocycles. The first-order valence-electron chi connectivity index (χ1n) is 36.3. The van der Waals surface area contributed by atoms with Crippen LogP contribution >= 0.6 is 97.7 Å². The SMILES string of the molecule is CC(C)NC(=S)N(C(=S)N1CCOCC1)C(C)C.CC1CCN(C(=S)N(C(=S)NC2CCCCC2)C2CCCCC2)CC1.S=C(NC1CCCCC1)N(C(=S)N1CCCC1)C1CCCCC1.S=C(NC1CCCCC1)N(C(=S)N1CCOCC1)C1CCCCC1. The Bertz CT molecular complexity index is 2190. The highest BCUT2D eigenvalue weighted by atomic mass is 32.1. The van der Waals surface area contributed by atoms with Gasteiger partial charge in [0.25, 0.3) is 0 Å². The Balaban J connectivity index is 0.000000172. The lowest BCUT2D eigenvalue weighted by Crippen LogP contribution is -2.57. The first kappa shape index (κ1) is 75.6. The number of nitrogens with zero attached hydrogens (tertiary/aromatic N) is 8. The van der Waals surface area contributed by atoms with E-state index in [2.05, 4.69) is 90.2 Å². The van der Waals surface area contributed by atoms with Gasteiger partial charge in [-0.15, -0.1) is 0 Å². The average Bonchev–Trinajstić information content (AvgIpc) is 1.39. The molecule has 6 saturated carbocycles. The topological polar surface area (TPSA) is 92.5 Å². The summed E-state index contributed by atoms with van der Waals surface area (Å²) in [6.07, 6.45) is 43.9. The molecule has 0 aromatic carbocycles. The van der Waals surface area contributed by atoms with Crippen LogP contribution < -0.4 is 21.3 Å². The second kappa shape index (κ2) is 41.4. The molecule has 0 amide bonds. The molecule has 10 fully saturated rings. The molecule has 22 heteroatoms. The second-order valence-corrected chi connectivity index (χ2v) is 31.1. The standard InChI is InChI=1S/C20H35N3S2.C18H31N3OS2.C18H31N3S2.C12H23N3OS2/c1-16-12-14-22(15-13-16)20(25)23(18-10-6-3-7-11-18)19(24)21-17-8-4-2-5-9-17;23-17(19-15-7-3-1-4-8-15)21(16-9-5-2-6-10-16)18(24)20-11-13-22-14-12-20;22-17(19-15-9-3-1-4-10-15)21(16-11-5-2-6-12-16)18(23)20-13-7-8-14-20;1-9(2)13-11(17)15(10(3)4)12(18)14-5-7-16-8-6-14/h16-18H,2-15H2,1H3,(H,21,24);15-16H,1-14H2,(H,19,23);15-16H,1-14H2,(H,19,22);9-10H,5-8H2,1-4H3,(H,13,17). The summed E-state index contributed by atoms with van der Waals surface area (Å²) in [5, 5.41) is 21.3. The van der Waals surface area contributed by atoms with E-state index in [0.29, 0.717) is 47.4 Å². The first-order chi connectivity index (χ1) is 43.6. The number of hydrogen-bond acceptors (Lipinski definition) is 10. The predicted molar refractivity (Wildman–Crippen MR) is 408 cm³/mol. The van der Waals surface area contributed by atoms with Crippen molar-refractivity contribution in [2.45, 2.75) is 301 Å². The number of ether oxygens (including phenoxy) is 2. The number of rotatable bonds is 8. The Morgan fingerprint density at radius 3 is 0.911 bits per heavy atom. The molecule has 0 aromatic heterocycles. The normalized spacial score (nSPS) is 22.3. The third-order valence-corrected chi connectivity index (χ3v) is 23.3. The van der Waals surface area contributed by atoms with Crippen LogP contribution in [0.15, 0.2) is 0 Å². The Morgan fingerprint density at radius 2 is 0.611 bits per heavy atom. The van der Waals surface area contributed by atoms with E-state index in [9.17, 15) is 0 Å². The fourth-order valence-electron chi connectivity index (χ4n) is 14.8. The van der Waals surface area contributed by atoms with Gasteiger partial charge in [0.1, 0.15) is 0 Å². The molecule has 0 radical (unpaired) electrons. The van der Waals surface area contributed by atoms with Crippen LogP contribution in [0.2, 0.25) is 0 Å².